The molecule has 5 atom stereocenters. The van der Waals surface area contributed by atoms with Gasteiger partial charge in [-0.2, -0.15) is 0 Å². The highest BCUT2D eigenvalue weighted by Gasteiger charge is 2.33. The van der Waals surface area contributed by atoms with Gasteiger partial charge in [0.05, 0.1) is 18.2 Å². The molecule has 5 aromatic rings. The summed E-state index contributed by atoms with van der Waals surface area (Å²) < 4.78 is 39.3. The predicted octanol–water partition coefficient (Wildman–Crippen LogP) is 5.92. The molecule has 0 aliphatic rings. The van der Waals surface area contributed by atoms with Gasteiger partial charge >= 0.3 is 0 Å². The first-order valence-electron chi connectivity index (χ1n) is 19.4. The number of benzene rings is 4. The number of rotatable bonds is 19. The van der Waals surface area contributed by atoms with Crippen molar-refractivity contribution < 1.29 is 42.5 Å². The third-order valence-corrected chi connectivity index (χ3v) is 9.73. The summed E-state index contributed by atoms with van der Waals surface area (Å²) in [5.41, 5.74) is 3.06. The molecule has 4 aromatic carbocycles. The zero-order valence-electron chi connectivity index (χ0n) is 33.7. The van der Waals surface area contributed by atoms with E-state index in [1.807, 2.05) is 67.6 Å². The lowest BCUT2D eigenvalue weighted by Gasteiger charge is -2.28. The lowest BCUT2D eigenvalue weighted by molar-refractivity contribution is -0.137. The zero-order chi connectivity index (χ0) is 43.2. The number of pyridine rings is 1. The number of carbonyl (C=O) groups is 4. The van der Waals surface area contributed by atoms with Crippen LogP contribution in [0.3, 0.4) is 0 Å². The summed E-state index contributed by atoms with van der Waals surface area (Å²) in [5, 5.41) is 22.9. The minimum atomic E-state index is -1.55. The smallest absolute Gasteiger partial charge is 0.251 e. The quantitative estimate of drug-likeness (QED) is 0.0685. The maximum absolute atomic E-state index is 14.1. The third-order valence-electron chi connectivity index (χ3n) is 9.73. The molecule has 1 heterocycles. The van der Waals surface area contributed by atoms with Crippen LogP contribution >= 0.6 is 0 Å². The number of nitrogens with zero attached hydrogens (tertiary/aromatic N) is 1. The topological polar surface area (TPSA) is 168 Å². The van der Waals surface area contributed by atoms with E-state index in [2.05, 4.69) is 26.3 Å². The summed E-state index contributed by atoms with van der Waals surface area (Å²) in [7, 11) is 1.26. The van der Waals surface area contributed by atoms with Gasteiger partial charge in [0.25, 0.3) is 11.8 Å². The maximum atomic E-state index is 14.1. The second-order valence-electron chi connectivity index (χ2n) is 14.6. The van der Waals surface area contributed by atoms with E-state index >= 15 is 0 Å². The number of halogens is 2. The minimum Gasteiger partial charge on any atom is -0.491 e. The fraction of sp³-hybridized carbons (Fsp3) is 0.283. The van der Waals surface area contributed by atoms with Crippen molar-refractivity contribution in [3.63, 3.8) is 0 Å². The first kappa shape index (κ1) is 44.6. The van der Waals surface area contributed by atoms with E-state index in [-0.39, 0.29) is 35.4 Å². The molecule has 0 saturated carbocycles. The van der Waals surface area contributed by atoms with Crippen molar-refractivity contribution in [1.82, 2.24) is 26.3 Å². The summed E-state index contributed by atoms with van der Waals surface area (Å²) >= 11 is 0. The minimum absolute atomic E-state index is 0.0326. The van der Waals surface area contributed by atoms with Crippen LogP contribution in [0.5, 0.6) is 5.75 Å². The highest BCUT2D eigenvalue weighted by Crippen LogP contribution is 2.24. The van der Waals surface area contributed by atoms with E-state index in [1.165, 1.54) is 13.2 Å². The van der Waals surface area contributed by atoms with E-state index in [0.717, 1.165) is 23.3 Å². The Morgan fingerprint density at radius 2 is 1.37 bits per heavy atom. The second-order valence-corrected chi connectivity index (χ2v) is 14.6. The summed E-state index contributed by atoms with van der Waals surface area (Å²) in [4.78, 5) is 58.7. The van der Waals surface area contributed by atoms with Gasteiger partial charge in [-0.3, -0.25) is 24.2 Å². The van der Waals surface area contributed by atoms with Crippen molar-refractivity contribution in [1.29, 1.82) is 0 Å². The number of hydrogen-bond acceptors (Lipinski definition) is 8. The fourth-order valence-corrected chi connectivity index (χ4v) is 6.36. The zero-order valence-corrected chi connectivity index (χ0v) is 33.7. The van der Waals surface area contributed by atoms with Crippen LogP contribution in [0.25, 0.3) is 11.1 Å². The molecule has 0 unspecified atom stereocenters. The van der Waals surface area contributed by atoms with Crippen molar-refractivity contribution in [3.8, 4) is 16.9 Å². The van der Waals surface area contributed by atoms with Crippen LogP contribution in [0.1, 0.15) is 65.1 Å². The van der Waals surface area contributed by atoms with E-state index < -0.39 is 72.6 Å². The third kappa shape index (κ3) is 12.7. The largest absolute Gasteiger partial charge is 0.491 e. The molecule has 0 spiro atoms. The maximum Gasteiger partial charge on any atom is 0.251 e. The molecular formula is C46H49F2N5O7. The predicted molar refractivity (Wildman–Crippen MR) is 222 cm³/mol. The Kier molecular flexibility index (Phi) is 16.0. The summed E-state index contributed by atoms with van der Waals surface area (Å²) in [6.07, 6.45) is -0.0984. The lowest BCUT2D eigenvalue weighted by Crippen LogP contribution is -2.54. The first-order valence-corrected chi connectivity index (χ1v) is 19.4. The molecule has 0 fully saturated rings. The molecule has 0 saturated heterocycles. The van der Waals surface area contributed by atoms with Gasteiger partial charge in [0, 0.05) is 67.4 Å². The Morgan fingerprint density at radius 3 is 1.97 bits per heavy atom. The van der Waals surface area contributed by atoms with E-state index in [9.17, 15) is 33.1 Å². The Morgan fingerprint density at radius 1 is 0.733 bits per heavy atom. The SMILES string of the molecule is CO[C@H](C[C@H](O)[C@H](COc1cc(F)cc(F)c1)NC(=O)c1cc(C(=O)N[C@H](C)c2ccccc2)cc(-c2cccnc2)c1)C(=O)N[C@H](C(=O)NCc1ccccc1)C(C)C. The van der Waals surface area contributed by atoms with Gasteiger partial charge < -0.3 is 35.8 Å². The van der Waals surface area contributed by atoms with Gasteiger partial charge in [-0.1, -0.05) is 80.6 Å². The summed E-state index contributed by atoms with van der Waals surface area (Å²) in [5.74, 6) is -4.67. The number of ether oxygens (including phenoxy) is 2. The monoisotopic (exact) mass is 821 g/mol. The lowest BCUT2D eigenvalue weighted by atomic mass is 9.98. The number of nitrogens with one attached hydrogen (secondary N) is 4. The molecule has 4 amide bonds. The molecule has 14 heteroatoms. The number of carbonyl (C=O) groups excluding carboxylic acids is 4. The molecule has 0 aliphatic heterocycles. The van der Waals surface area contributed by atoms with Crippen molar-refractivity contribution >= 4 is 23.6 Å². The van der Waals surface area contributed by atoms with Crippen molar-refractivity contribution in [2.45, 2.75) is 64.1 Å². The van der Waals surface area contributed by atoms with Crippen molar-refractivity contribution in [3.05, 3.63) is 155 Å². The molecular weight excluding hydrogens is 773 g/mol. The highest BCUT2D eigenvalue weighted by atomic mass is 19.1. The molecule has 60 heavy (non-hydrogen) atoms. The van der Waals surface area contributed by atoms with Crippen molar-refractivity contribution in [2.75, 3.05) is 13.7 Å². The van der Waals surface area contributed by atoms with Crippen LogP contribution in [-0.4, -0.2) is 71.7 Å². The van der Waals surface area contributed by atoms with Gasteiger partial charge in [-0.15, -0.1) is 0 Å². The first-order chi connectivity index (χ1) is 28.8. The molecule has 5 rings (SSSR count). The van der Waals surface area contributed by atoms with Crippen LogP contribution in [0, 0.1) is 17.6 Å². The molecule has 5 N–H and O–H groups in total. The van der Waals surface area contributed by atoms with Gasteiger partial charge in [0.15, 0.2) is 0 Å². The average Bonchev–Trinajstić information content (AvgIpc) is 3.25. The van der Waals surface area contributed by atoms with Gasteiger partial charge in [-0.25, -0.2) is 8.78 Å². The number of aliphatic hydroxyl groups excluding tert-OH is 1. The molecule has 0 aliphatic carbocycles. The summed E-state index contributed by atoms with van der Waals surface area (Å²) in [6, 6.07) is 26.6. The molecule has 1 aromatic heterocycles. The number of amides is 4. The number of hydrogen-bond donors (Lipinski definition) is 5. The number of aromatic nitrogens is 1. The van der Waals surface area contributed by atoms with Gasteiger partial charge in [0.2, 0.25) is 11.8 Å². The van der Waals surface area contributed by atoms with Crippen LogP contribution < -0.4 is 26.0 Å². The Bertz CT molecular complexity index is 2190. The van der Waals surface area contributed by atoms with Gasteiger partial charge in [0.1, 0.15) is 36.1 Å². The van der Waals surface area contributed by atoms with Gasteiger partial charge in [-0.05, 0) is 53.8 Å². The van der Waals surface area contributed by atoms with E-state index in [4.69, 9.17) is 9.47 Å². The highest BCUT2D eigenvalue weighted by molar-refractivity contribution is 6.01. The second kappa shape index (κ2) is 21.5. The average molecular weight is 822 g/mol. The van der Waals surface area contributed by atoms with E-state index in [0.29, 0.717) is 17.2 Å². The van der Waals surface area contributed by atoms with Crippen LogP contribution in [-0.2, 0) is 20.9 Å². The molecule has 0 bridgehead atoms. The normalized spacial score (nSPS) is 13.6. The standard InChI is InChI=1S/C46H49F2N5O7/c1-28(2)42(46(58)50-25-30-12-7-5-8-13-30)53-45(57)41(59-4)24-40(54)39(27-60-38-22-36(47)21-37(48)23-38)52-44(56)35-19-33(32-16-11-17-49-26-32)18-34(20-35)43(55)51-29(3)31-14-9-6-10-15-31/h5-23,26,28-29,39-42,54H,24-25,27H2,1-4H3,(H,50,58)(H,51,55)(H,52,56)(H,53,57)/t29-,39+,40+,41-,42+/m1/s1. The molecule has 0 radical (unpaired) electrons. The number of methoxy groups -OCH3 is 1. The molecule has 12 nitrogen and oxygen atoms in total. The summed E-state index contributed by atoms with van der Waals surface area (Å²) in [6.45, 7) is 5.11. The Labute approximate surface area is 347 Å². The Balaban J connectivity index is 1.38. The van der Waals surface area contributed by atoms with Crippen LogP contribution in [0.4, 0.5) is 8.78 Å². The fourth-order valence-electron chi connectivity index (χ4n) is 6.36. The molecule has 314 valence electrons. The van der Waals surface area contributed by atoms with E-state index in [1.54, 1.807) is 50.5 Å². The number of aliphatic hydroxyl groups is 1. The Hall–Kier alpha value is -6.51. The van der Waals surface area contributed by atoms with Crippen LogP contribution in [0.15, 0.2) is 122 Å². The van der Waals surface area contributed by atoms with Crippen molar-refractivity contribution in [2.24, 2.45) is 5.92 Å². The van der Waals surface area contributed by atoms with Crippen LogP contribution in [0.2, 0.25) is 0 Å².